The molecule has 0 unspecified atom stereocenters. The Bertz CT molecular complexity index is 1610. The van der Waals surface area contributed by atoms with Gasteiger partial charge in [0, 0.05) is 62.6 Å². The zero-order valence-corrected chi connectivity index (χ0v) is 26.0. The van der Waals surface area contributed by atoms with Crippen LogP contribution in [0.25, 0.3) is 11.4 Å². The van der Waals surface area contributed by atoms with Crippen molar-refractivity contribution in [3.8, 4) is 23.2 Å². The Hall–Kier alpha value is -4.61. The van der Waals surface area contributed by atoms with E-state index >= 15 is 4.39 Å². The average Bonchev–Trinajstić information content (AvgIpc) is 3.51. The van der Waals surface area contributed by atoms with Gasteiger partial charge >= 0.3 is 6.03 Å². The molecular weight excluding hydrogens is 608 g/mol. The average molecular weight is 646 g/mol. The first kappa shape index (κ1) is 31.0. The van der Waals surface area contributed by atoms with Crippen LogP contribution < -0.4 is 15.0 Å². The van der Waals surface area contributed by atoms with Gasteiger partial charge < -0.3 is 29.5 Å². The number of hydrogen-bond acceptors (Lipinski definition) is 10. The normalized spacial score (nSPS) is 23.7. The first-order valence-electron chi connectivity index (χ1n) is 16.1. The third kappa shape index (κ3) is 6.91. The van der Waals surface area contributed by atoms with E-state index in [0.717, 1.165) is 45.1 Å². The number of anilines is 3. The highest BCUT2D eigenvalue weighted by molar-refractivity contribution is 5.75. The number of urea groups is 1. The number of alkyl halides is 2. The van der Waals surface area contributed by atoms with E-state index in [-0.39, 0.29) is 43.4 Å². The lowest BCUT2D eigenvalue weighted by molar-refractivity contribution is -0.0660. The lowest BCUT2D eigenvalue weighted by Crippen LogP contribution is -2.56. The number of ether oxygens (including phenoxy) is 2. The number of nitrogens with one attached hydrogen (secondary N) is 1. The fourth-order valence-electron chi connectivity index (χ4n) is 6.46. The van der Waals surface area contributed by atoms with E-state index in [2.05, 4.69) is 48.3 Å². The highest BCUT2D eigenvalue weighted by atomic mass is 19.1. The summed E-state index contributed by atoms with van der Waals surface area (Å²) in [6, 6.07) is 15.4. The van der Waals surface area contributed by atoms with Crippen LogP contribution in [0.5, 0.6) is 5.75 Å². The Labute approximate surface area is 271 Å². The summed E-state index contributed by atoms with van der Waals surface area (Å²) in [6.45, 7) is 6.23. The predicted molar refractivity (Wildman–Crippen MR) is 170 cm³/mol. The highest BCUT2D eigenvalue weighted by Gasteiger charge is 2.37. The molecule has 1 aromatic heterocycles. The van der Waals surface area contributed by atoms with E-state index in [1.54, 1.807) is 18.2 Å². The number of nitriles is 1. The monoisotopic (exact) mass is 645 g/mol. The molecule has 47 heavy (non-hydrogen) atoms. The first-order valence-corrected chi connectivity index (χ1v) is 16.1. The van der Waals surface area contributed by atoms with Crippen LogP contribution in [0.4, 0.5) is 30.9 Å². The van der Waals surface area contributed by atoms with Crippen LogP contribution in [0, 0.1) is 11.3 Å². The fraction of sp³-hybridized carbons (Fsp3) is 0.485. The van der Waals surface area contributed by atoms with Crippen molar-refractivity contribution in [3.05, 3.63) is 54.4 Å². The lowest BCUT2D eigenvalue weighted by Gasteiger charge is -2.43. The van der Waals surface area contributed by atoms with Crippen molar-refractivity contribution in [2.75, 3.05) is 75.8 Å². The minimum Gasteiger partial charge on any atom is -0.486 e. The highest BCUT2D eigenvalue weighted by Crippen LogP contribution is 2.29. The van der Waals surface area contributed by atoms with Crippen LogP contribution >= 0.6 is 0 Å². The summed E-state index contributed by atoms with van der Waals surface area (Å²) < 4.78 is 40.0. The third-order valence-corrected chi connectivity index (χ3v) is 9.30. The van der Waals surface area contributed by atoms with Gasteiger partial charge in [0.2, 0.25) is 5.95 Å². The number of hydrogen-bond donors (Lipinski definition) is 1. The topological polar surface area (TPSA) is 123 Å². The maximum absolute atomic E-state index is 15.1. The van der Waals surface area contributed by atoms with Gasteiger partial charge in [-0.1, -0.05) is 0 Å². The van der Waals surface area contributed by atoms with Crippen LogP contribution in [0.1, 0.15) is 18.4 Å². The number of aromatic nitrogens is 3. The van der Waals surface area contributed by atoms with E-state index in [1.807, 2.05) is 12.1 Å². The number of carbonyl (C=O) groups excluding carboxylic acids is 1. The molecule has 14 heteroatoms. The van der Waals surface area contributed by atoms with Gasteiger partial charge in [-0.25, -0.2) is 23.5 Å². The molecule has 2 amide bonds. The van der Waals surface area contributed by atoms with Crippen LogP contribution in [0.3, 0.4) is 0 Å². The summed E-state index contributed by atoms with van der Waals surface area (Å²) in [5, 5.41) is 13.1. The zero-order chi connectivity index (χ0) is 32.3. The Morgan fingerprint density at radius 3 is 2.40 bits per heavy atom. The summed E-state index contributed by atoms with van der Waals surface area (Å²) in [5.41, 5.74) is 2.79. The number of likely N-dealkylation sites (tertiary alicyclic amines) is 2. The molecule has 3 atom stereocenters. The number of halogens is 2. The van der Waals surface area contributed by atoms with Crippen molar-refractivity contribution in [3.63, 3.8) is 0 Å². The molecule has 5 heterocycles. The quantitative estimate of drug-likeness (QED) is 0.408. The Morgan fingerprint density at radius 2 is 1.72 bits per heavy atom. The molecule has 0 aliphatic carbocycles. The van der Waals surface area contributed by atoms with Gasteiger partial charge in [0.25, 0.3) is 0 Å². The maximum Gasteiger partial charge on any atom is 0.320 e. The molecule has 0 bridgehead atoms. The molecule has 4 fully saturated rings. The van der Waals surface area contributed by atoms with Crippen LogP contribution in [-0.4, -0.2) is 126 Å². The van der Waals surface area contributed by atoms with Crippen molar-refractivity contribution in [1.82, 2.24) is 29.7 Å². The molecule has 0 saturated carbocycles. The minimum atomic E-state index is -1.45. The lowest BCUT2D eigenvalue weighted by atomic mass is 10.1. The summed E-state index contributed by atoms with van der Waals surface area (Å²) in [4.78, 5) is 33.5. The third-order valence-electron chi connectivity index (χ3n) is 9.30. The molecule has 3 aromatic rings. The van der Waals surface area contributed by atoms with Crippen LogP contribution in [0.15, 0.2) is 48.8 Å². The Kier molecular flexibility index (Phi) is 8.99. The van der Waals surface area contributed by atoms with Gasteiger partial charge in [-0.3, -0.25) is 4.90 Å². The van der Waals surface area contributed by atoms with Crippen LogP contribution in [-0.2, 0) is 4.74 Å². The van der Waals surface area contributed by atoms with E-state index in [9.17, 15) is 14.4 Å². The molecule has 0 spiro atoms. The van der Waals surface area contributed by atoms with Gasteiger partial charge in [0.05, 0.1) is 37.9 Å². The molecule has 0 radical (unpaired) electrons. The molecule has 4 saturated heterocycles. The van der Waals surface area contributed by atoms with Crippen molar-refractivity contribution >= 4 is 23.4 Å². The van der Waals surface area contributed by atoms with Gasteiger partial charge in [-0.15, -0.1) is 0 Å². The molecule has 1 N–H and O–H groups in total. The number of amides is 2. The number of benzene rings is 2. The molecule has 7 rings (SSSR count). The number of piperazine rings is 1. The molecule has 4 aliphatic heterocycles. The van der Waals surface area contributed by atoms with Crippen LogP contribution in [0.2, 0.25) is 0 Å². The molecular formula is C33H37F2N9O3. The SMILES string of the molecule is N#Cc1cc(-c2ncnc(Nc3ccc(N4CCN(C5COC5)CC4)cc3)n2)ccc1O[C@H]1CCN(C(=O)N2CC[C@@H](F)C2)C[C@@H]1F. The number of nitrogens with zero attached hydrogens (tertiary/aromatic N) is 8. The number of rotatable bonds is 7. The van der Waals surface area contributed by atoms with Crippen molar-refractivity contribution in [2.45, 2.75) is 37.3 Å². The maximum atomic E-state index is 15.1. The van der Waals surface area contributed by atoms with Gasteiger partial charge in [0.1, 0.15) is 30.4 Å². The second kappa shape index (κ2) is 13.6. The van der Waals surface area contributed by atoms with E-state index in [4.69, 9.17) is 9.47 Å². The first-order chi connectivity index (χ1) is 22.9. The summed E-state index contributed by atoms with van der Waals surface area (Å²) >= 11 is 0. The summed E-state index contributed by atoms with van der Waals surface area (Å²) in [6.07, 6.45) is -1.34. The van der Waals surface area contributed by atoms with Gasteiger partial charge in [-0.2, -0.15) is 10.2 Å². The summed E-state index contributed by atoms with van der Waals surface area (Å²) in [7, 11) is 0. The van der Waals surface area contributed by atoms with Crippen molar-refractivity contribution < 1.29 is 23.0 Å². The minimum absolute atomic E-state index is 0.0470. The smallest absolute Gasteiger partial charge is 0.320 e. The zero-order valence-electron chi connectivity index (χ0n) is 26.0. The summed E-state index contributed by atoms with van der Waals surface area (Å²) in [5.74, 6) is 0.967. The molecule has 246 valence electrons. The number of piperidine rings is 1. The second-order valence-electron chi connectivity index (χ2n) is 12.4. The predicted octanol–water partition coefficient (Wildman–Crippen LogP) is 3.63. The standard InChI is InChI=1S/C33H37F2N9O3/c34-24-7-9-43(17-24)33(45)44-10-8-30(28(35)18-44)47-29-6-1-22(15-23(29)16-36)31-37-21-38-32(40-31)39-25-2-4-26(5-3-25)41-11-13-42(14-12-41)27-19-46-20-27/h1-6,15,21,24,27-28,30H,7-14,17-20H2,(H,37,38,39,40)/t24-,28+,30+/m1/s1. The van der Waals surface area contributed by atoms with Gasteiger partial charge in [0.15, 0.2) is 12.0 Å². The molecule has 4 aliphatic rings. The van der Waals surface area contributed by atoms with Crippen molar-refractivity contribution in [2.24, 2.45) is 0 Å². The fourth-order valence-corrected chi connectivity index (χ4v) is 6.46. The Morgan fingerprint density at radius 1 is 0.957 bits per heavy atom. The van der Waals surface area contributed by atoms with E-state index in [0.29, 0.717) is 36.3 Å². The largest absolute Gasteiger partial charge is 0.486 e. The van der Waals surface area contributed by atoms with Crippen molar-refractivity contribution in [1.29, 1.82) is 5.26 Å². The second-order valence-corrected chi connectivity index (χ2v) is 12.4. The molecule has 12 nitrogen and oxygen atoms in total. The van der Waals surface area contributed by atoms with Gasteiger partial charge in [-0.05, 0) is 48.9 Å². The van der Waals surface area contributed by atoms with E-state index in [1.165, 1.54) is 21.8 Å². The van der Waals surface area contributed by atoms with E-state index < -0.39 is 18.4 Å². The molecule has 2 aromatic carbocycles. The Balaban J connectivity index is 0.955. The number of carbonyl (C=O) groups is 1.